The number of benzene rings is 2. The molecule has 0 spiro atoms. The summed E-state index contributed by atoms with van der Waals surface area (Å²) in [5.41, 5.74) is 2.18. The van der Waals surface area contributed by atoms with Crippen LogP contribution in [0.4, 0.5) is 8.78 Å². The van der Waals surface area contributed by atoms with Gasteiger partial charge in [-0.2, -0.15) is 5.10 Å². The summed E-state index contributed by atoms with van der Waals surface area (Å²) in [5, 5.41) is 13.6. The number of nitrogens with zero attached hydrogens (tertiary/aromatic N) is 4. The average Bonchev–Trinajstić information content (AvgIpc) is 3.35. The molecule has 10 heteroatoms. The lowest BCUT2D eigenvalue weighted by molar-refractivity contribution is 0.188. The van der Waals surface area contributed by atoms with E-state index >= 15 is 0 Å². The Morgan fingerprint density at radius 2 is 2.00 bits per heavy atom. The Bertz CT molecular complexity index is 1040. The van der Waals surface area contributed by atoms with Crippen molar-refractivity contribution in [3.05, 3.63) is 71.6 Å². The van der Waals surface area contributed by atoms with Crippen LogP contribution in [0, 0.1) is 11.6 Å². The second-order valence-electron chi connectivity index (χ2n) is 7.88. The highest BCUT2D eigenvalue weighted by molar-refractivity contribution is 14.0. The van der Waals surface area contributed by atoms with Gasteiger partial charge in [0.1, 0.15) is 18.0 Å². The van der Waals surface area contributed by atoms with Crippen LogP contribution < -0.4 is 10.6 Å². The molecule has 3 aromatic rings. The minimum Gasteiger partial charge on any atom is -0.352 e. The Kier molecular flexibility index (Phi) is 9.12. The monoisotopic (exact) mass is 567 g/mol. The lowest BCUT2D eigenvalue weighted by Gasteiger charge is -2.34. The zero-order chi connectivity index (χ0) is 22.3. The van der Waals surface area contributed by atoms with Gasteiger partial charge in [0, 0.05) is 43.9 Å². The number of rotatable bonds is 6. The van der Waals surface area contributed by atoms with Crippen molar-refractivity contribution >= 4 is 29.9 Å². The number of piperidine rings is 1. The minimum atomic E-state index is -0.495. The van der Waals surface area contributed by atoms with Crippen molar-refractivity contribution in [3.63, 3.8) is 0 Å². The lowest BCUT2D eigenvalue weighted by Crippen LogP contribution is -2.50. The molecule has 0 aliphatic carbocycles. The minimum absolute atomic E-state index is 0. The first-order valence-corrected chi connectivity index (χ1v) is 10.7. The van der Waals surface area contributed by atoms with Crippen LogP contribution in [0.1, 0.15) is 24.0 Å². The first-order valence-electron chi connectivity index (χ1n) is 10.7. The summed E-state index contributed by atoms with van der Waals surface area (Å²) in [4.78, 5) is 10.6. The van der Waals surface area contributed by atoms with Crippen LogP contribution in [-0.2, 0) is 13.1 Å². The third-order valence-electron chi connectivity index (χ3n) is 5.59. The van der Waals surface area contributed by atoms with Gasteiger partial charge in [0.2, 0.25) is 0 Å². The van der Waals surface area contributed by atoms with E-state index < -0.39 is 11.6 Å². The van der Waals surface area contributed by atoms with Gasteiger partial charge in [-0.05, 0) is 43.1 Å². The Morgan fingerprint density at radius 3 is 2.73 bits per heavy atom. The van der Waals surface area contributed by atoms with Gasteiger partial charge in [-0.25, -0.2) is 13.8 Å². The lowest BCUT2D eigenvalue weighted by atomic mass is 10.0. The SMILES string of the molecule is CN=C(NCc1cccc(-c2ncn[nH]2)c1)NC1CCCN(Cc2c(F)cccc2F)C1.I. The van der Waals surface area contributed by atoms with Crippen molar-refractivity contribution < 1.29 is 8.78 Å². The molecule has 4 rings (SSSR count). The smallest absolute Gasteiger partial charge is 0.191 e. The number of guanidine groups is 1. The molecule has 1 saturated heterocycles. The van der Waals surface area contributed by atoms with Gasteiger partial charge in [0.25, 0.3) is 0 Å². The van der Waals surface area contributed by atoms with Crippen molar-refractivity contribution in [2.24, 2.45) is 4.99 Å². The van der Waals surface area contributed by atoms with Crippen molar-refractivity contribution in [1.82, 2.24) is 30.7 Å². The average molecular weight is 567 g/mol. The summed E-state index contributed by atoms with van der Waals surface area (Å²) >= 11 is 0. The molecule has 1 aromatic heterocycles. The van der Waals surface area contributed by atoms with Gasteiger partial charge in [0.05, 0.1) is 0 Å². The van der Waals surface area contributed by atoms with E-state index in [-0.39, 0.29) is 42.1 Å². The largest absolute Gasteiger partial charge is 0.352 e. The molecule has 1 aliphatic rings. The first kappa shape index (κ1) is 25.0. The molecule has 33 heavy (non-hydrogen) atoms. The normalized spacial score (nSPS) is 16.8. The van der Waals surface area contributed by atoms with Gasteiger partial charge in [0.15, 0.2) is 11.8 Å². The Balaban J connectivity index is 0.00000306. The van der Waals surface area contributed by atoms with Crippen molar-refractivity contribution in [2.75, 3.05) is 20.1 Å². The van der Waals surface area contributed by atoms with Crippen molar-refractivity contribution in [3.8, 4) is 11.4 Å². The number of aliphatic imine (C=N–C) groups is 1. The molecule has 2 aromatic carbocycles. The van der Waals surface area contributed by atoms with E-state index in [9.17, 15) is 8.78 Å². The number of H-pyrrole nitrogens is 1. The van der Waals surface area contributed by atoms with Gasteiger partial charge in [-0.3, -0.25) is 15.0 Å². The van der Waals surface area contributed by atoms with Crippen molar-refractivity contribution in [1.29, 1.82) is 0 Å². The van der Waals surface area contributed by atoms with E-state index in [1.807, 2.05) is 24.3 Å². The summed E-state index contributed by atoms with van der Waals surface area (Å²) in [6.45, 7) is 2.36. The maximum absolute atomic E-state index is 14.0. The Morgan fingerprint density at radius 1 is 1.21 bits per heavy atom. The molecule has 0 radical (unpaired) electrons. The number of aromatic amines is 1. The molecule has 1 aliphatic heterocycles. The molecule has 1 fully saturated rings. The second kappa shape index (κ2) is 12.0. The van der Waals surface area contributed by atoms with Crippen LogP contribution in [-0.4, -0.2) is 52.2 Å². The van der Waals surface area contributed by atoms with E-state index in [0.29, 0.717) is 19.0 Å². The zero-order valence-electron chi connectivity index (χ0n) is 18.4. The van der Waals surface area contributed by atoms with Crippen molar-refractivity contribution in [2.45, 2.75) is 32.0 Å². The molecule has 0 saturated carbocycles. The second-order valence-corrected chi connectivity index (χ2v) is 7.88. The van der Waals surface area contributed by atoms with E-state index in [1.54, 1.807) is 7.05 Å². The number of likely N-dealkylation sites (tertiary alicyclic amines) is 1. The maximum atomic E-state index is 14.0. The standard InChI is InChI=1S/C23H27F2N7.HI/c1-26-23(27-12-16-5-2-6-17(11-16)22-28-15-29-31-22)30-18-7-4-10-32(13-18)14-19-20(24)8-3-9-21(19)25;/h2-3,5-6,8-9,11,15,18H,4,7,10,12-14H2,1H3,(H2,26,27,30)(H,28,29,31);1H. The predicted molar refractivity (Wildman–Crippen MR) is 135 cm³/mol. The topological polar surface area (TPSA) is 81.2 Å². The first-order chi connectivity index (χ1) is 15.6. The number of hydrogen-bond acceptors (Lipinski definition) is 4. The quantitative estimate of drug-likeness (QED) is 0.241. The van der Waals surface area contributed by atoms with Gasteiger partial charge in [-0.1, -0.05) is 24.3 Å². The fourth-order valence-electron chi connectivity index (χ4n) is 3.97. The van der Waals surface area contributed by atoms with E-state index in [2.05, 4.69) is 35.7 Å². The fourth-order valence-corrected chi connectivity index (χ4v) is 3.97. The molecular formula is C23H28F2IN7. The van der Waals surface area contributed by atoms with E-state index in [0.717, 1.165) is 36.3 Å². The highest BCUT2D eigenvalue weighted by Gasteiger charge is 2.22. The van der Waals surface area contributed by atoms with E-state index in [1.165, 1.54) is 24.5 Å². The van der Waals surface area contributed by atoms with E-state index in [4.69, 9.17) is 0 Å². The van der Waals surface area contributed by atoms with Crippen LogP contribution in [0.5, 0.6) is 0 Å². The summed E-state index contributed by atoms with van der Waals surface area (Å²) in [5.74, 6) is 0.428. The molecule has 7 nitrogen and oxygen atoms in total. The molecule has 176 valence electrons. The van der Waals surface area contributed by atoms with Gasteiger partial charge >= 0.3 is 0 Å². The molecule has 2 heterocycles. The molecular weight excluding hydrogens is 539 g/mol. The summed E-state index contributed by atoms with van der Waals surface area (Å²) in [7, 11) is 1.73. The summed E-state index contributed by atoms with van der Waals surface area (Å²) < 4.78 is 28.1. The molecule has 1 unspecified atom stereocenters. The zero-order valence-corrected chi connectivity index (χ0v) is 20.7. The van der Waals surface area contributed by atoms with Crippen LogP contribution in [0.2, 0.25) is 0 Å². The highest BCUT2D eigenvalue weighted by atomic mass is 127. The number of aromatic nitrogens is 3. The van der Waals surface area contributed by atoms with Crippen LogP contribution in [0.15, 0.2) is 53.8 Å². The number of halogens is 3. The fraction of sp³-hybridized carbons (Fsp3) is 0.348. The van der Waals surface area contributed by atoms with Crippen LogP contribution >= 0.6 is 24.0 Å². The Labute approximate surface area is 209 Å². The molecule has 0 bridgehead atoms. The predicted octanol–water partition coefficient (Wildman–Crippen LogP) is 3.70. The highest BCUT2D eigenvalue weighted by Crippen LogP contribution is 2.19. The third-order valence-corrected chi connectivity index (χ3v) is 5.59. The molecule has 1 atom stereocenters. The number of nitrogens with one attached hydrogen (secondary N) is 3. The summed E-state index contributed by atoms with van der Waals surface area (Å²) in [6.07, 6.45) is 3.40. The summed E-state index contributed by atoms with van der Waals surface area (Å²) in [6, 6.07) is 12.2. The van der Waals surface area contributed by atoms with Crippen LogP contribution in [0.25, 0.3) is 11.4 Å². The maximum Gasteiger partial charge on any atom is 0.191 e. The van der Waals surface area contributed by atoms with Gasteiger partial charge < -0.3 is 10.6 Å². The third kappa shape index (κ3) is 6.70. The molecule has 3 N–H and O–H groups in total. The molecule has 0 amide bonds. The Hall–Kier alpha value is -2.60. The van der Waals surface area contributed by atoms with Gasteiger partial charge in [-0.15, -0.1) is 24.0 Å². The number of hydrogen-bond donors (Lipinski definition) is 3. The van der Waals surface area contributed by atoms with Crippen LogP contribution in [0.3, 0.4) is 0 Å².